The van der Waals surface area contributed by atoms with Crippen LogP contribution >= 0.6 is 12.4 Å². The van der Waals surface area contributed by atoms with Crippen LogP contribution in [0.2, 0.25) is 0 Å². The van der Waals surface area contributed by atoms with Crippen LogP contribution in [-0.4, -0.2) is 56.9 Å². The lowest BCUT2D eigenvalue weighted by Crippen LogP contribution is -2.20. The van der Waals surface area contributed by atoms with Gasteiger partial charge in [0.1, 0.15) is 6.61 Å². The van der Waals surface area contributed by atoms with E-state index in [9.17, 15) is 0 Å². The third-order valence-electron chi connectivity index (χ3n) is 2.56. The molecular formula is C14H24ClNO5. The van der Waals surface area contributed by atoms with E-state index in [-0.39, 0.29) is 32.2 Å². The zero-order valence-corrected chi connectivity index (χ0v) is 13.0. The Morgan fingerprint density at radius 3 is 2.48 bits per heavy atom. The molecule has 0 fully saturated rings. The zero-order valence-electron chi connectivity index (χ0n) is 12.2. The Morgan fingerprint density at radius 2 is 1.81 bits per heavy atom. The van der Waals surface area contributed by atoms with Crippen LogP contribution in [0.4, 0.5) is 0 Å². The number of ether oxygens (including phenoxy) is 3. The van der Waals surface area contributed by atoms with Crippen LogP contribution in [0.3, 0.4) is 0 Å². The molecule has 122 valence electrons. The van der Waals surface area contributed by atoms with Gasteiger partial charge in [-0.15, -0.1) is 12.4 Å². The van der Waals surface area contributed by atoms with E-state index < -0.39 is 0 Å². The molecule has 0 spiro atoms. The van der Waals surface area contributed by atoms with E-state index >= 15 is 0 Å². The van der Waals surface area contributed by atoms with Gasteiger partial charge >= 0.3 is 0 Å². The number of nitrogens with one attached hydrogen (secondary N) is 1. The standard InChI is InChI=1S/C14H23NO5.ClH/c1-18-14-10-12(2-3-13(14)20-9-6-17)11-15-4-7-19-8-5-16;/h2-3,10,15-17H,4-9,11H2,1H3;1H. The molecule has 1 rings (SSSR count). The SMILES string of the molecule is COc1cc(CNCCOCCO)ccc1OCCO.Cl. The van der Waals surface area contributed by atoms with Crippen LogP contribution in [-0.2, 0) is 11.3 Å². The number of methoxy groups -OCH3 is 1. The third-order valence-corrected chi connectivity index (χ3v) is 2.56. The molecule has 3 N–H and O–H groups in total. The highest BCUT2D eigenvalue weighted by Crippen LogP contribution is 2.27. The molecule has 0 aromatic heterocycles. The molecule has 0 saturated carbocycles. The Morgan fingerprint density at radius 1 is 1.05 bits per heavy atom. The van der Waals surface area contributed by atoms with Crippen molar-refractivity contribution < 1.29 is 24.4 Å². The molecule has 21 heavy (non-hydrogen) atoms. The van der Waals surface area contributed by atoms with Gasteiger partial charge in [-0.2, -0.15) is 0 Å². The lowest BCUT2D eigenvalue weighted by molar-refractivity contribution is 0.0938. The second-order valence-electron chi connectivity index (χ2n) is 4.07. The van der Waals surface area contributed by atoms with Crippen LogP contribution in [0.25, 0.3) is 0 Å². The Balaban J connectivity index is 0.00000400. The number of halogens is 1. The normalized spacial score (nSPS) is 10.0. The van der Waals surface area contributed by atoms with Crippen LogP contribution in [0.5, 0.6) is 11.5 Å². The maximum atomic E-state index is 8.75. The summed E-state index contributed by atoms with van der Waals surface area (Å²) in [5, 5.41) is 20.5. The average Bonchev–Trinajstić information content (AvgIpc) is 2.49. The summed E-state index contributed by atoms with van der Waals surface area (Å²) >= 11 is 0. The topological polar surface area (TPSA) is 80.2 Å². The fraction of sp³-hybridized carbons (Fsp3) is 0.571. The highest BCUT2D eigenvalue weighted by atomic mass is 35.5. The maximum absolute atomic E-state index is 8.75. The molecule has 6 nitrogen and oxygen atoms in total. The van der Waals surface area contributed by atoms with Gasteiger partial charge < -0.3 is 29.7 Å². The van der Waals surface area contributed by atoms with Crippen molar-refractivity contribution in [2.45, 2.75) is 6.54 Å². The van der Waals surface area contributed by atoms with Crippen LogP contribution in [0.15, 0.2) is 18.2 Å². The smallest absolute Gasteiger partial charge is 0.161 e. The molecule has 0 heterocycles. The van der Waals surface area contributed by atoms with Gasteiger partial charge in [-0.3, -0.25) is 0 Å². The summed E-state index contributed by atoms with van der Waals surface area (Å²) in [6.07, 6.45) is 0. The molecular weight excluding hydrogens is 298 g/mol. The van der Waals surface area contributed by atoms with E-state index in [1.165, 1.54) is 0 Å². The van der Waals surface area contributed by atoms with Crippen molar-refractivity contribution in [3.8, 4) is 11.5 Å². The minimum atomic E-state index is -0.0275. The summed E-state index contributed by atoms with van der Waals surface area (Å²) in [4.78, 5) is 0. The van der Waals surface area contributed by atoms with Crippen LogP contribution in [0.1, 0.15) is 5.56 Å². The summed E-state index contributed by atoms with van der Waals surface area (Å²) in [5.41, 5.74) is 1.07. The van der Waals surface area contributed by atoms with E-state index in [0.717, 1.165) is 5.56 Å². The molecule has 0 bridgehead atoms. The van der Waals surface area contributed by atoms with Gasteiger partial charge in [-0.1, -0.05) is 6.07 Å². The largest absolute Gasteiger partial charge is 0.493 e. The summed E-state index contributed by atoms with van der Waals surface area (Å²) in [6.45, 7) is 2.61. The Bertz CT molecular complexity index is 378. The van der Waals surface area contributed by atoms with Gasteiger partial charge in [-0.25, -0.2) is 0 Å². The summed E-state index contributed by atoms with van der Waals surface area (Å²) in [5.74, 6) is 1.27. The highest BCUT2D eigenvalue weighted by Gasteiger charge is 2.05. The van der Waals surface area contributed by atoms with Crippen molar-refractivity contribution in [3.05, 3.63) is 23.8 Å². The minimum absolute atomic E-state index is 0. The molecule has 0 aliphatic carbocycles. The predicted molar refractivity (Wildman–Crippen MR) is 82.4 cm³/mol. The summed E-state index contributed by atoms with van der Waals surface area (Å²) in [6, 6.07) is 5.67. The van der Waals surface area contributed by atoms with Crippen molar-refractivity contribution in [2.75, 3.05) is 46.7 Å². The van der Waals surface area contributed by atoms with Gasteiger partial charge in [0.25, 0.3) is 0 Å². The molecule has 0 atom stereocenters. The maximum Gasteiger partial charge on any atom is 0.161 e. The van der Waals surface area contributed by atoms with Crippen LogP contribution < -0.4 is 14.8 Å². The number of aliphatic hydroxyl groups excluding tert-OH is 2. The van der Waals surface area contributed by atoms with E-state index in [0.29, 0.717) is 37.8 Å². The zero-order chi connectivity index (χ0) is 14.6. The van der Waals surface area contributed by atoms with Crippen molar-refractivity contribution in [3.63, 3.8) is 0 Å². The Hall–Kier alpha value is -1.05. The van der Waals surface area contributed by atoms with E-state index in [1.54, 1.807) is 7.11 Å². The van der Waals surface area contributed by atoms with Gasteiger partial charge in [-0.05, 0) is 17.7 Å². The summed E-state index contributed by atoms with van der Waals surface area (Å²) < 4.78 is 15.8. The van der Waals surface area contributed by atoms with Gasteiger partial charge in [0.05, 0.1) is 33.5 Å². The van der Waals surface area contributed by atoms with E-state index in [1.807, 2.05) is 18.2 Å². The molecule has 0 aliphatic rings. The number of hydrogen-bond donors (Lipinski definition) is 3. The van der Waals surface area contributed by atoms with Crippen molar-refractivity contribution >= 4 is 12.4 Å². The average molecular weight is 322 g/mol. The van der Waals surface area contributed by atoms with Crippen molar-refractivity contribution in [2.24, 2.45) is 0 Å². The minimum Gasteiger partial charge on any atom is -0.493 e. The number of benzene rings is 1. The Kier molecular flexibility index (Phi) is 12.0. The number of rotatable bonds is 11. The van der Waals surface area contributed by atoms with Gasteiger partial charge in [0, 0.05) is 13.1 Å². The molecule has 7 heteroatoms. The van der Waals surface area contributed by atoms with Crippen molar-refractivity contribution in [1.29, 1.82) is 0 Å². The first kappa shape index (κ1) is 19.9. The lowest BCUT2D eigenvalue weighted by Gasteiger charge is -2.12. The first-order valence-electron chi connectivity index (χ1n) is 6.61. The van der Waals surface area contributed by atoms with Crippen molar-refractivity contribution in [1.82, 2.24) is 5.32 Å². The molecule has 0 aliphatic heterocycles. The highest BCUT2D eigenvalue weighted by molar-refractivity contribution is 5.85. The molecule has 0 unspecified atom stereocenters. The molecule has 0 saturated heterocycles. The Labute approximate surface area is 131 Å². The molecule has 0 radical (unpaired) electrons. The number of aliphatic hydroxyl groups is 2. The van der Waals surface area contributed by atoms with Gasteiger partial charge in [0.15, 0.2) is 11.5 Å². The van der Waals surface area contributed by atoms with Crippen LogP contribution in [0, 0.1) is 0 Å². The fourth-order valence-electron chi connectivity index (χ4n) is 1.64. The quantitative estimate of drug-likeness (QED) is 0.518. The van der Waals surface area contributed by atoms with E-state index in [4.69, 9.17) is 24.4 Å². The lowest BCUT2D eigenvalue weighted by atomic mass is 10.2. The second kappa shape index (κ2) is 12.7. The molecule has 1 aromatic rings. The molecule has 1 aromatic carbocycles. The monoisotopic (exact) mass is 321 g/mol. The molecule has 0 amide bonds. The first-order valence-corrected chi connectivity index (χ1v) is 6.61. The van der Waals surface area contributed by atoms with E-state index in [2.05, 4.69) is 5.32 Å². The third kappa shape index (κ3) is 8.08. The second-order valence-corrected chi connectivity index (χ2v) is 4.07. The predicted octanol–water partition coefficient (Wildman–Crippen LogP) is 0.587. The van der Waals surface area contributed by atoms with Gasteiger partial charge in [0.2, 0.25) is 0 Å². The summed E-state index contributed by atoms with van der Waals surface area (Å²) in [7, 11) is 1.58. The number of hydrogen-bond acceptors (Lipinski definition) is 6. The fourth-order valence-corrected chi connectivity index (χ4v) is 1.64. The first-order chi connectivity index (χ1) is 9.81.